The number of carboxylic acid groups (broad SMARTS) is 1. The second-order valence-electron chi connectivity index (χ2n) is 20.2. The van der Waals surface area contributed by atoms with Gasteiger partial charge in [0.05, 0.1) is 16.9 Å². The molecule has 6 aliphatic carbocycles. The van der Waals surface area contributed by atoms with Gasteiger partial charge in [0, 0.05) is 31.2 Å². The van der Waals surface area contributed by atoms with E-state index in [-0.39, 0.29) is 33.6 Å². The molecule has 0 radical (unpaired) electrons. The van der Waals surface area contributed by atoms with Crippen LogP contribution in [0.25, 0.3) is 0 Å². The van der Waals surface area contributed by atoms with Crippen molar-refractivity contribution in [1.29, 1.82) is 0 Å². The van der Waals surface area contributed by atoms with Crippen molar-refractivity contribution in [2.75, 3.05) is 25.4 Å². The lowest BCUT2D eigenvalue weighted by molar-refractivity contribution is -0.221. The number of aliphatic carboxylic acids is 1. The highest BCUT2D eigenvalue weighted by molar-refractivity contribution is 7.92. The van der Waals surface area contributed by atoms with E-state index in [4.69, 9.17) is 0 Å². The minimum Gasteiger partial charge on any atom is -0.481 e. The quantitative estimate of drug-likeness (QED) is 0.260. The smallest absolute Gasteiger partial charge is 0.306 e. The predicted molar refractivity (Wildman–Crippen MR) is 201 cm³/mol. The molecule has 12 atom stereocenters. The Morgan fingerprint density at radius 2 is 1.76 bits per heavy atom. The fraction of sp³-hybridized carbons (Fsp3) is 0.837. The molecule has 2 heterocycles. The molecule has 0 aromatic rings. The van der Waals surface area contributed by atoms with Crippen molar-refractivity contribution < 1.29 is 18.3 Å². The number of likely N-dealkylation sites (tertiary alicyclic amines) is 1. The third-order valence-corrected chi connectivity index (χ3v) is 20.3. The summed E-state index contributed by atoms with van der Waals surface area (Å²) in [5.74, 6) is 2.74. The maximum atomic E-state index is 12.4. The van der Waals surface area contributed by atoms with Crippen LogP contribution in [0.3, 0.4) is 0 Å². The number of carboxylic acids is 1. The Hall–Kier alpha value is -1.44. The Morgan fingerprint density at radius 1 is 0.980 bits per heavy atom. The second kappa shape index (κ2) is 11.8. The third kappa shape index (κ3) is 4.96. The van der Waals surface area contributed by atoms with Crippen LogP contribution in [0.15, 0.2) is 35.5 Å². The van der Waals surface area contributed by atoms with Crippen molar-refractivity contribution in [3.8, 4) is 0 Å². The van der Waals surface area contributed by atoms with Gasteiger partial charge in [-0.2, -0.15) is 0 Å². The summed E-state index contributed by atoms with van der Waals surface area (Å²) in [5.41, 5.74) is 5.47. The second-order valence-corrected chi connectivity index (χ2v) is 22.5. The number of carbonyl (C=O) groups is 1. The molecule has 2 saturated heterocycles. The van der Waals surface area contributed by atoms with Gasteiger partial charge < -0.3 is 10.4 Å². The molecule has 8 aliphatic rings. The molecule has 0 amide bonds. The van der Waals surface area contributed by atoms with Crippen LogP contribution in [0.1, 0.15) is 125 Å². The molecule has 278 valence electrons. The average Bonchev–Trinajstić information content (AvgIpc) is 3.72. The monoisotopic (exact) mass is 706 g/mol. The number of hydrogen-bond donors (Lipinski definition) is 2. The average molecular weight is 707 g/mol. The predicted octanol–water partition coefficient (Wildman–Crippen LogP) is 8.20. The summed E-state index contributed by atoms with van der Waals surface area (Å²) >= 11 is 0. The third-order valence-electron chi connectivity index (χ3n) is 18.0. The van der Waals surface area contributed by atoms with Crippen molar-refractivity contribution in [3.63, 3.8) is 0 Å². The lowest BCUT2D eigenvalue weighted by atomic mass is 9.33. The fourth-order valence-corrected chi connectivity index (χ4v) is 17.5. The molecule has 6 fully saturated rings. The number of hydrogen-bond acceptors (Lipinski definition) is 5. The molecule has 4 saturated carbocycles. The fourth-order valence-electron chi connectivity index (χ4n) is 15.4. The molecule has 6 nitrogen and oxygen atoms in total. The van der Waals surface area contributed by atoms with Gasteiger partial charge in [-0.3, -0.25) is 9.69 Å². The Bertz CT molecular complexity index is 1610. The number of sulfone groups is 1. The molecule has 8 rings (SSSR count). The Morgan fingerprint density at radius 3 is 2.40 bits per heavy atom. The minimum atomic E-state index is -2.86. The first-order valence-corrected chi connectivity index (χ1v) is 22.2. The van der Waals surface area contributed by atoms with Gasteiger partial charge in [-0.25, -0.2) is 8.42 Å². The van der Waals surface area contributed by atoms with Crippen LogP contribution in [0.2, 0.25) is 0 Å². The summed E-state index contributed by atoms with van der Waals surface area (Å²) in [7, 11) is -2.86. The summed E-state index contributed by atoms with van der Waals surface area (Å²) in [6.45, 7) is 22.7. The first-order valence-electron chi connectivity index (χ1n) is 20.5. The number of allylic oxidation sites excluding steroid dienone is 5. The van der Waals surface area contributed by atoms with Crippen LogP contribution in [-0.2, 0) is 14.6 Å². The van der Waals surface area contributed by atoms with Gasteiger partial charge in [0.15, 0.2) is 9.84 Å². The van der Waals surface area contributed by atoms with Gasteiger partial charge in [0.2, 0.25) is 0 Å². The normalized spacial score (nSPS) is 48.8. The van der Waals surface area contributed by atoms with Crippen LogP contribution in [-0.4, -0.2) is 66.6 Å². The van der Waals surface area contributed by atoms with Crippen molar-refractivity contribution in [1.82, 2.24) is 10.2 Å². The summed E-state index contributed by atoms with van der Waals surface area (Å²) in [5, 5.41) is 13.7. The van der Waals surface area contributed by atoms with Crippen molar-refractivity contribution in [3.05, 3.63) is 35.5 Å². The number of nitrogens with one attached hydrogen (secondary N) is 1. The molecule has 2 bridgehead atoms. The van der Waals surface area contributed by atoms with Crippen LogP contribution >= 0.6 is 0 Å². The summed E-state index contributed by atoms with van der Waals surface area (Å²) in [6, 6.07) is 0.229. The zero-order valence-corrected chi connectivity index (χ0v) is 32.8. The van der Waals surface area contributed by atoms with Gasteiger partial charge in [-0.15, -0.1) is 0 Å². The number of fused-ring (bicyclic) bond motifs is 9. The van der Waals surface area contributed by atoms with E-state index in [1.165, 1.54) is 68.1 Å². The van der Waals surface area contributed by atoms with Gasteiger partial charge in [-0.1, -0.05) is 58.9 Å². The van der Waals surface area contributed by atoms with E-state index < -0.39 is 15.8 Å². The molecule has 7 heteroatoms. The first-order chi connectivity index (χ1) is 23.5. The first kappa shape index (κ1) is 35.6. The molecule has 0 spiro atoms. The van der Waals surface area contributed by atoms with Gasteiger partial charge >= 0.3 is 5.97 Å². The van der Waals surface area contributed by atoms with Crippen molar-refractivity contribution >= 4 is 15.8 Å². The molecule has 0 aromatic heterocycles. The van der Waals surface area contributed by atoms with Crippen LogP contribution in [0.4, 0.5) is 0 Å². The van der Waals surface area contributed by atoms with Gasteiger partial charge in [0.25, 0.3) is 0 Å². The van der Waals surface area contributed by atoms with Crippen molar-refractivity contribution in [2.45, 2.75) is 142 Å². The molecular weight excluding hydrogens is 641 g/mol. The van der Waals surface area contributed by atoms with Crippen LogP contribution in [0, 0.1) is 57.2 Å². The van der Waals surface area contributed by atoms with Crippen molar-refractivity contribution in [2.24, 2.45) is 57.2 Å². The Labute approximate surface area is 303 Å². The summed E-state index contributed by atoms with van der Waals surface area (Å²) < 4.78 is 24.8. The molecule has 0 aromatic carbocycles. The van der Waals surface area contributed by atoms with E-state index in [0.717, 1.165) is 45.3 Å². The van der Waals surface area contributed by atoms with E-state index in [1.54, 1.807) is 0 Å². The lowest BCUT2D eigenvalue weighted by Gasteiger charge is -2.72. The molecule has 2 aliphatic heterocycles. The molecule has 1 unspecified atom stereocenters. The van der Waals surface area contributed by atoms with Gasteiger partial charge in [-0.05, 0) is 153 Å². The van der Waals surface area contributed by atoms with E-state index >= 15 is 0 Å². The Kier molecular flexibility index (Phi) is 8.38. The standard InChI is InChI=1S/C43H66N2O4S/c1-27(2)32-14-19-43(44-22-23-45-25-31-24-30(45)26-50(31,48)49)21-20-41(6)34(37(32)43)12-13-36-40(5)17-15-33(28-8-10-29(11-9-28)38(46)47)39(3,4)35(40)16-18-42(36,41)7/h8,15,29-32,34-37,44H,1,9-14,16-26H2,2-7H3,(H,46,47)/t29-,30?,31-,32-,34+,35-,36+,37+,40-,41+,42+,43-/m0/s1. The summed E-state index contributed by atoms with van der Waals surface area (Å²) in [4.78, 5) is 14.2. The van der Waals surface area contributed by atoms with Crippen LogP contribution < -0.4 is 5.32 Å². The number of rotatable bonds is 7. The summed E-state index contributed by atoms with van der Waals surface area (Å²) in [6.07, 6.45) is 19.5. The maximum absolute atomic E-state index is 12.4. The topological polar surface area (TPSA) is 86.7 Å². The van der Waals surface area contributed by atoms with Crippen LogP contribution in [0.5, 0.6) is 0 Å². The van der Waals surface area contributed by atoms with E-state index in [9.17, 15) is 18.3 Å². The molecule has 50 heavy (non-hydrogen) atoms. The maximum Gasteiger partial charge on any atom is 0.306 e. The SMILES string of the molecule is C=C(C)[C@@H]1CC[C@]2(NCCN3C[C@@H]4CC3CS4(=O)=O)CC[C@]3(C)[C@H](CC[C@@H]4[C@@]5(C)CC=C(C6=CC[C@H](C(=O)O)CC6)C(C)(C)[C@@H]5CC[C@]43C)[C@@H]12. The minimum absolute atomic E-state index is 0.0924. The van der Waals surface area contributed by atoms with E-state index in [2.05, 4.69) is 70.5 Å². The van der Waals surface area contributed by atoms with E-state index in [0.29, 0.717) is 52.6 Å². The highest BCUT2D eigenvalue weighted by Crippen LogP contribution is 2.76. The largest absolute Gasteiger partial charge is 0.481 e. The zero-order chi connectivity index (χ0) is 35.6. The Balaban J connectivity index is 1.04. The van der Waals surface area contributed by atoms with E-state index in [1.807, 2.05) is 0 Å². The molecular formula is C43H66N2O4S. The number of nitrogens with zero attached hydrogens (tertiary/aromatic N) is 1. The lowest BCUT2D eigenvalue weighted by Crippen LogP contribution is -2.68. The zero-order valence-electron chi connectivity index (χ0n) is 32.0. The van der Waals surface area contributed by atoms with Gasteiger partial charge in [0.1, 0.15) is 0 Å². The molecule has 2 N–H and O–H groups in total. The highest BCUT2D eigenvalue weighted by Gasteiger charge is 2.70. The highest BCUT2D eigenvalue weighted by atomic mass is 32.2.